The van der Waals surface area contributed by atoms with Gasteiger partial charge >= 0.3 is 0 Å². The molecular weight excluding hydrogens is 392 g/mol. The topological polar surface area (TPSA) is 31.0 Å². The highest BCUT2D eigenvalue weighted by Gasteiger charge is 2.17. The lowest BCUT2D eigenvalue weighted by Gasteiger charge is -2.07. The van der Waals surface area contributed by atoms with Gasteiger partial charge in [0.05, 0.1) is 11.0 Å². The van der Waals surface area contributed by atoms with Crippen molar-refractivity contribution in [2.75, 3.05) is 0 Å². The van der Waals surface area contributed by atoms with Crippen LogP contribution in [0.4, 0.5) is 0 Å². The van der Waals surface area contributed by atoms with E-state index in [4.69, 9.17) is 4.42 Å². The Balaban J connectivity index is 1.46. The Morgan fingerprint density at radius 3 is 2.47 bits per heavy atom. The highest BCUT2D eigenvalue weighted by Crippen LogP contribution is 2.37. The van der Waals surface area contributed by atoms with Crippen LogP contribution in [-0.2, 0) is 6.42 Å². The van der Waals surface area contributed by atoms with Crippen molar-refractivity contribution in [1.29, 1.82) is 0 Å². The van der Waals surface area contributed by atoms with Gasteiger partial charge in [0.15, 0.2) is 0 Å². The minimum Gasteiger partial charge on any atom is -0.456 e. The molecule has 152 valence electrons. The van der Waals surface area contributed by atoms with E-state index in [-0.39, 0.29) is 0 Å². The minimum atomic E-state index is 0.936. The zero-order chi connectivity index (χ0) is 21.1. The molecule has 0 saturated heterocycles. The third-order valence-electron chi connectivity index (χ3n) is 6.54. The monoisotopic (exact) mass is 412 g/mol. The Morgan fingerprint density at radius 1 is 0.750 bits per heavy atom. The first-order valence-electron chi connectivity index (χ1n) is 11.0. The molecule has 0 atom stereocenters. The second kappa shape index (κ2) is 6.69. The lowest BCUT2D eigenvalue weighted by atomic mass is 9.97. The Bertz CT molecular complexity index is 1670. The highest BCUT2D eigenvalue weighted by atomic mass is 16.3. The summed E-state index contributed by atoms with van der Waals surface area (Å²) in [5, 5.41) is 3.71. The first kappa shape index (κ1) is 17.6. The molecule has 3 heterocycles. The summed E-state index contributed by atoms with van der Waals surface area (Å²) in [6.45, 7) is 0. The normalized spacial score (nSPS) is 13.2. The first-order valence-corrected chi connectivity index (χ1v) is 11.0. The molecule has 0 unspecified atom stereocenters. The van der Waals surface area contributed by atoms with Crippen LogP contribution < -0.4 is 0 Å². The van der Waals surface area contributed by atoms with Gasteiger partial charge in [-0.1, -0.05) is 42.5 Å². The molecule has 0 spiro atoms. The van der Waals surface area contributed by atoms with Gasteiger partial charge in [0.1, 0.15) is 17.2 Å². The number of para-hydroxylation sites is 1. The minimum absolute atomic E-state index is 0.936. The van der Waals surface area contributed by atoms with Crippen LogP contribution in [0.2, 0.25) is 0 Å². The molecule has 6 aromatic rings. The van der Waals surface area contributed by atoms with Gasteiger partial charge in [0.25, 0.3) is 0 Å². The second-order valence-electron chi connectivity index (χ2n) is 8.37. The van der Waals surface area contributed by atoms with E-state index < -0.39 is 0 Å². The summed E-state index contributed by atoms with van der Waals surface area (Å²) in [6.07, 6.45) is 8.26. The fourth-order valence-electron chi connectivity index (χ4n) is 5.04. The number of furan rings is 1. The number of benzene rings is 3. The van der Waals surface area contributed by atoms with Crippen molar-refractivity contribution in [2.24, 2.45) is 0 Å². The average Bonchev–Trinajstić information content (AvgIpc) is 3.39. The molecule has 7 rings (SSSR count). The molecule has 0 amide bonds. The molecule has 1 aliphatic carbocycles. The van der Waals surface area contributed by atoms with Crippen LogP contribution in [0.15, 0.2) is 95.6 Å². The maximum atomic E-state index is 6.06. The zero-order valence-corrected chi connectivity index (χ0v) is 17.5. The first-order chi connectivity index (χ1) is 15.9. The molecule has 0 fully saturated rings. The Kier molecular flexibility index (Phi) is 3.67. The predicted octanol–water partition coefficient (Wildman–Crippen LogP) is 7.55. The van der Waals surface area contributed by atoms with Crippen molar-refractivity contribution < 1.29 is 4.42 Å². The fourth-order valence-corrected chi connectivity index (χ4v) is 5.04. The maximum absolute atomic E-state index is 6.06. The van der Waals surface area contributed by atoms with Crippen LogP contribution in [0.5, 0.6) is 0 Å². The van der Waals surface area contributed by atoms with Crippen molar-refractivity contribution in [3.8, 4) is 16.9 Å². The number of rotatable bonds is 2. The largest absolute Gasteiger partial charge is 0.456 e. The molecule has 3 aromatic carbocycles. The van der Waals surface area contributed by atoms with E-state index in [1.807, 2.05) is 18.3 Å². The summed E-state index contributed by atoms with van der Waals surface area (Å²) in [5.41, 5.74) is 7.07. The third kappa shape index (κ3) is 2.51. The molecule has 3 aromatic heterocycles. The molecule has 32 heavy (non-hydrogen) atoms. The van der Waals surface area contributed by atoms with Gasteiger partial charge in [0.2, 0.25) is 0 Å². The van der Waals surface area contributed by atoms with Crippen molar-refractivity contribution in [2.45, 2.75) is 12.8 Å². The average molecular weight is 412 g/mol. The number of hydrogen-bond acceptors (Lipinski definition) is 2. The SMILES string of the molecule is C1=Cc2oc3ccc(-c4ccc5c(c4)c4ccccc4n5-c4ccccn4)cc3c2CC1. The maximum Gasteiger partial charge on any atom is 0.137 e. The van der Waals surface area contributed by atoms with Gasteiger partial charge in [-0.2, -0.15) is 0 Å². The highest BCUT2D eigenvalue weighted by molar-refractivity contribution is 6.10. The third-order valence-corrected chi connectivity index (χ3v) is 6.54. The molecular formula is C29H20N2O. The number of allylic oxidation sites excluding steroid dienone is 1. The number of fused-ring (bicyclic) bond motifs is 6. The standard InChI is InChI=1S/C29H20N2O/c1-3-9-25-21(7-1)23-17-19(12-14-26(23)31(25)29-11-5-6-16-30-29)20-13-15-28-24(18-20)22-8-2-4-10-27(22)32-28/h1,3-7,9-18H,2,8H2. The molecule has 3 heteroatoms. The van der Waals surface area contributed by atoms with Gasteiger partial charge < -0.3 is 4.42 Å². The van der Waals surface area contributed by atoms with Crippen LogP contribution in [0.3, 0.4) is 0 Å². The number of aromatic nitrogens is 2. The number of pyridine rings is 1. The van der Waals surface area contributed by atoms with E-state index in [9.17, 15) is 0 Å². The fraction of sp³-hybridized carbons (Fsp3) is 0.0690. The van der Waals surface area contributed by atoms with Crippen LogP contribution in [0.25, 0.3) is 55.8 Å². The Labute approximate surface area is 185 Å². The predicted molar refractivity (Wildman–Crippen MR) is 131 cm³/mol. The van der Waals surface area contributed by atoms with Crippen molar-refractivity contribution in [1.82, 2.24) is 9.55 Å². The van der Waals surface area contributed by atoms with Gasteiger partial charge in [-0.25, -0.2) is 4.98 Å². The van der Waals surface area contributed by atoms with Gasteiger partial charge in [0, 0.05) is 27.9 Å². The molecule has 3 nitrogen and oxygen atoms in total. The van der Waals surface area contributed by atoms with E-state index in [1.54, 1.807) is 0 Å². The molecule has 0 saturated carbocycles. The van der Waals surface area contributed by atoms with E-state index >= 15 is 0 Å². The second-order valence-corrected chi connectivity index (χ2v) is 8.37. The van der Waals surface area contributed by atoms with Crippen LogP contribution in [0.1, 0.15) is 17.7 Å². The van der Waals surface area contributed by atoms with Crippen molar-refractivity contribution >= 4 is 38.9 Å². The van der Waals surface area contributed by atoms with Crippen LogP contribution in [-0.4, -0.2) is 9.55 Å². The number of hydrogen-bond donors (Lipinski definition) is 0. The lowest BCUT2D eigenvalue weighted by molar-refractivity contribution is 0.595. The number of aryl methyl sites for hydroxylation is 1. The summed E-state index contributed by atoms with van der Waals surface area (Å²) in [4.78, 5) is 4.62. The Morgan fingerprint density at radius 2 is 1.56 bits per heavy atom. The molecule has 1 aliphatic rings. The van der Waals surface area contributed by atoms with E-state index in [1.165, 1.54) is 43.9 Å². The van der Waals surface area contributed by atoms with Crippen LogP contribution in [0, 0.1) is 0 Å². The summed E-state index contributed by atoms with van der Waals surface area (Å²) in [5.74, 6) is 1.95. The van der Waals surface area contributed by atoms with E-state index in [0.29, 0.717) is 0 Å². The van der Waals surface area contributed by atoms with Crippen molar-refractivity contribution in [3.63, 3.8) is 0 Å². The molecule has 0 bridgehead atoms. The molecule has 0 N–H and O–H groups in total. The van der Waals surface area contributed by atoms with Gasteiger partial charge in [-0.3, -0.25) is 4.57 Å². The smallest absolute Gasteiger partial charge is 0.137 e. The lowest BCUT2D eigenvalue weighted by Crippen LogP contribution is -1.96. The van der Waals surface area contributed by atoms with Gasteiger partial charge in [-0.05, 0) is 72.5 Å². The molecule has 0 aliphatic heterocycles. The Hall–Kier alpha value is -4.11. The van der Waals surface area contributed by atoms with E-state index in [2.05, 4.69) is 88.4 Å². The van der Waals surface area contributed by atoms with Gasteiger partial charge in [-0.15, -0.1) is 0 Å². The van der Waals surface area contributed by atoms with Crippen molar-refractivity contribution in [3.05, 3.63) is 102 Å². The number of nitrogens with zero attached hydrogens (tertiary/aromatic N) is 2. The summed E-state index contributed by atoms with van der Waals surface area (Å²) >= 11 is 0. The quantitative estimate of drug-likeness (QED) is 0.294. The molecule has 0 radical (unpaired) electrons. The zero-order valence-electron chi connectivity index (χ0n) is 17.5. The summed E-state index contributed by atoms with van der Waals surface area (Å²) in [6, 6.07) is 27.9. The van der Waals surface area contributed by atoms with E-state index in [0.717, 1.165) is 30.0 Å². The summed E-state index contributed by atoms with van der Waals surface area (Å²) < 4.78 is 8.31. The summed E-state index contributed by atoms with van der Waals surface area (Å²) in [7, 11) is 0. The van der Waals surface area contributed by atoms with Crippen LogP contribution >= 0.6 is 0 Å².